The van der Waals surface area contributed by atoms with Crippen molar-refractivity contribution < 1.29 is 4.92 Å². The number of aryl methyl sites for hydroxylation is 1. The fourth-order valence-corrected chi connectivity index (χ4v) is 2.87. The monoisotopic (exact) mass is 372 g/mol. The van der Waals surface area contributed by atoms with Crippen LogP contribution < -0.4 is 10.6 Å². The quantitative estimate of drug-likeness (QED) is 0.385. The third-order valence-corrected chi connectivity index (χ3v) is 4.15. The second-order valence-electron chi connectivity index (χ2n) is 6.12. The van der Waals surface area contributed by atoms with Crippen molar-refractivity contribution in [2.24, 2.45) is 0 Å². The Hall–Kier alpha value is -4.07. The molecule has 0 radical (unpaired) electrons. The fraction of sp³-hybridized carbons (Fsp3) is 0.0500. The molecule has 138 valence electrons. The summed E-state index contributed by atoms with van der Waals surface area (Å²) in [6.07, 6.45) is 1.28. The molecule has 4 aromatic rings. The molecule has 28 heavy (non-hydrogen) atoms. The first-order valence-corrected chi connectivity index (χ1v) is 8.56. The maximum absolute atomic E-state index is 11.8. The van der Waals surface area contributed by atoms with Gasteiger partial charge in [-0.2, -0.15) is 0 Å². The second kappa shape index (κ2) is 7.28. The number of hydrogen-bond donors (Lipinski definition) is 2. The van der Waals surface area contributed by atoms with E-state index in [2.05, 4.69) is 25.6 Å². The van der Waals surface area contributed by atoms with Crippen LogP contribution in [0.3, 0.4) is 0 Å². The molecule has 0 saturated heterocycles. The Labute approximate surface area is 160 Å². The van der Waals surface area contributed by atoms with Crippen LogP contribution in [0.2, 0.25) is 0 Å². The van der Waals surface area contributed by atoms with Gasteiger partial charge in [-0.1, -0.05) is 36.4 Å². The van der Waals surface area contributed by atoms with E-state index in [4.69, 9.17) is 0 Å². The average molecular weight is 372 g/mol. The Bertz CT molecular complexity index is 1160. The number of aromatic nitrogens is 3. The zero-order valence-electron chi connectivity index (χ0n) is 15.0. The lowest BCUT2D eigenvalue weighted by molar-refractivity contribution is -0.383. The molecule has 0 spiro atoms. The van der Waals surface area contributed by atoms with Gasteiger partial charge in [-0.15, -0.1) is 0 Å². The number of para-hydroxylation sites is 2. The van der Waals surface area contributed by atoms with Gasteiger partial charge >= 0.3 is 5.69 Å². The van der Waals surface area contributed by atoms with Crippen molar-refractivity contribution in [1.82, 2.24) is 15.0 Å². The predicted molar refractivity (Wildman–Crippen MR) is 108 cm³/mol. The SMILES string of the molecule is Cc1ccc2cccc(Nc3ncnc(Nc4ccccc4)c3[N+](=O)[O-])c2n1. The number of nitrogens with one attached hydrogen (secondary N) is 2. The smallest absolute Gasteiger partial charge is 0.334 e. The van der Waals surface area contributed by atoms with Gasteiger partial charge in [0, 0.05) is 16.8 Å². The van der Waals surface area contributed by atoms with Crippen molar-refractivity contribution in [2.75, 3.05) is 10.6 Å². The highest BCUT2D eigenvalue weighted by Gasteiger charge is 2.24. The summed E-state index contributed by atoms with van der Waals surface area (Å²) in [5, 5.41) is 18.7. The van der Waals surface area contributed by atoms with Crippen molar-refractivity contribution in [2.45, 2.75) is 6.92 Å². The molecule has 0 fully saturated rings. The molecule has 0 unspecified atom stereocenters. The first-order valence-electron chi connectivity index (χ1n) is 8.56. The van der Waals surface area contributed by atoms with E-state index in [1.807, 2.05) is 55.5 Å². The van der Waals surface area contributed by atoms with Crippen molar-refractivity contribution in [3.8, 4) is 0 Å². The van der Waals surface area contributed by atoms with Crippen molar-refractivity contribution in [3.05, 3.63) is 82.8 Å². The Morgan fingerprint density at radius 1 is 0.893 bits per heavy atom. The van der Waals surface area contributed by atoms with E-state index in [0.29, 0.717) is 16.9 Å². The minimum absolute atomic E-state index is 0.0919. The van der Waals surface area contributed by atoms with Gasteiger partial charge in [0.05, 0.1) is 16.1 Å². The van der Waals surface area contributed by atoms with Crippen LogP contribution in [0.1, 0.15) is 5.69 Å². The van der Waals surface area contributed by atoms with Crippen LogP contribution in [-0.2, 0) is 0 Å². The highest BCUT2D eigenvalue weighted by atomic mass is 16.6. The maximum Gasteiger partial charge on any atom is 0.353 e. The second-order valence-corrected chi connectivity index (χ2v) is 6.12. The van der Waals surface area contributed by atoms with Crippen LogP contribution in [0.4, 0.5) is 28.7 Å². The molecule has 0 bridgehead atoms. The fourth-order valence-electron chi connectivity index (χ4n) is 2.87. The first-order chi connectivity index (χ1) is 13.6. The highest BCUT2D eigenvalue weighted by molar-refractivity contribution is 5.93. The van der Waals surface area contributed by atoms with Gasteiger partial charge in [-0.3, -0.25) is 15.1 Å². The Balaban J connectivity index is 1.77. The van der Waals surface area contributed by atoms with Gasteiger partial charge in [0.25, 0.3) is 0 Å². The van der Waals surface area contributed by atoms with E-state index in [1.165, 1.54) is 6.33 Å². The molecule has 2 aromatic heterocycles. The molecule has 2 aromatic carbocycles. The molecule has 0 aliphatic heterocycles. The summed E-state index contributed by atoms with van der Waals surface area (Å²) in [5.41, 5.74) is 2.65. The number of benzene rings is 2. The van der Waals surface area contributed by atoms with Gasteiger partial charge in [0.15, 0.2) is 0 Å². The van der Waals surface area contributed by atoms with Crippen LogP contribution in [0.25, 0.3) is 10.9 Å². The average Bonchev–Trinajstić information content (AvgIpc) is 2.69. The van der Waals surface area contributed by atoms with E-state index in [-0.39, 0.29) is 17.3 Å². The molecular formula is C20H16N6O2. The van der Waals surface area contributed by atoms with Gasteiger partial charge in [0.1, 0.15) is 6.33 Å². The molecule has 2 heterocycles. The summed E-state index contributed by atoms with van der Waals surface area (Å²) < 4.78 is 0. The molecule has 2 N–H and O–H groups in total. The zero-order chi connectivity index (χ0) is 19.5. The predicted octanol–water partition coefficient (Wildman–Crippen LogP) is 4.73. The molecule has 0 aliphatic rings. The number of hydrogen-bond acceptors (Lipinski definition) is 7. The Morgan fingerprint density at radius 3 is 2.39 bits per heavy atom. The third kappa shape index (κ3) is 3.43. The molecule has 0 atom stereocenters. The van der Waals surface area contributed by atoms with Crippen molar-refractivity contribution in [1.29, 1.82) is 0 Å². The van der Waals surface area contributed by atoms with Crippen LogP contribution >= 0.6 is 0 Å². The van der Waals surface area contributed by atoms with Crippen LogP contribution in [0, 0.1) is 17.0 Å². The topological polar surface area (TPSA) is 106 Å². The van der Waals surface area contributed by atoms with E-state index in [1.54, 1.807) is 12.1 Å². The van der Waals surface area contributed by atoms with Crippen LogP contribution in [0.5, 0.6) is 0 Å². The summed E-state index contributed by atoms with van der Waals surface area (Å²) in [7, 11) is 0. The molecule has 8 heteroatoms. The maximum atomic E-state index is 11.8. The number of nitro groups is 1. The molecule has 8 nitrogen and oxygen atoms in total. The number of anilines is 4. The molecule has 0 aliphatic carbocycles. The lowest BCUT2D eigenvalue weighted by atomic mass is 10.1. The van der Waals surface area contributed by atoms with E-state index < -0.39 is 4.92 Å². The lowest BCUT2D eigenvalue weighted by Gasteiger charge is -2.11. The van der Waals surface area contributed by atoms with Gasteiger partial charge < -0.3 is 10.6 Å². The molecular weight excluding hydrogens is 356 g/mol. The Morgan fingerprint density at radius 2 is 1.64 bits per heavy atom. The van der Waals surface area contributed by atoms with E-state index >= 15 is 0 Å². The largest absolute Gasteiger partial charge is 0.353 e. The van der Waals surface area contributed by atoms with Gasteiger partial charge in [-0.05, 0) is 31.2 Å². The summed E-state index contributed by atoms with van der Waals surface area (Å²) >= 11 is 0. The van der Waals surface area contributed by atoms with Crippen molar-refractivity contribution in [3.63, 3.8) is 0 Å². The van der Waals surface area contributed by atoms with Gasteiger partial charge in [0.2, 0.25) is 11.6 Å². The van der Waals surface area contributed by atoms with Crippen LogP contribution in [0.15, 0.2) is 67.0 Å². The van der Waals surface area contributed by atoms with Gasteiger partial charge in [-0.25, -0.2) is 9.97 Å². The summed E-state index contributed by atoms with van der Waals surface area (Å²) in [6.45, 7) is 1.89. The van der Waals surface area contributed by atoms with E-state index in [0.717, 1.165) is 11.1 Å². The number of rotatable bonds is 5. The summed E-state index contributed by atoms with van der Waals surface area (Å²) in [4.78, 5) is 24.0. The molecule has 4 rings (SSSR count). The summed E-state index contributed by atoms with van der Waals surface area (Å²) in [6, 6.07) is 18.6. The zero-order valence-corrected chi connectivity index (χ0v) is 15.0. The molecule has 0 amide bonds. The number of nitrogens with zero attached hydrogens (tertiary/aromatic N) is 4. The van der Waals surface area contributed by atoms with E-state index in [9.17, 15) is 10.1 Å². The number of fused-ring (bicyclic) bond motifs is 1. The normalized spacial score (nSPS) is 10.6. The van der Waals surface area contributed by atoms with Crippen molar-refractivity contribution >= 4 is 39.6 Å². The number of pyridine rings is 1. The summed E-state index contributed by atoms with van der Waals surface area (Å²) in [5.74, 6) is 0.201. The third-order valence-electron chi connectivity index (χ3n) is 4.15. The standard InChI is InChI=1S/C20H16N6O2/c1-13-10-11-14-6-5-9-16(17(14)23-13)25-20-18(26(27)28)19(21-12-22-20)24-15-7-3-2-4-8-15/h2-12H,1H3,(H2,21,22,24,25). The minimum atomic E-state index is -0.503. The highest BCUT2D eigenvalue weighted by Crippen LogP contribution is 2.34. The molecule has 0 saturated carbocycles. The first kappa shape index (κ1) is 17.3. The Kier molecular flexibility index (Phi) is 4.51. The lowest BCUT2D eigenvalue weighted by Crippen LogP contribution is -2.06. The van der Waals surface area contributed by atoms with Crippen LogP contribution in [-0.4, -0.2) is 19.9 Å². The minimum Gasteiger partial charge on any atom is -0.334 e.